The van der Waals surface area contributed by atoms with E-state index in [2.05, 4.69) is 10.1 Å². The molecule has 1 aliphatic rings. The largest absolute Gasteiger partial charge is 0.478 e. The van der Waals surface area contributed by atoms with E-state index in [0.717, 1.165) is 5.56 Å². The van der Waals surface area contributed by atoms with E-state index >= 15 is 0 Å². The fourth-order valence-electron chi connectivity index (χ4n) is 2.13. The Bertz CT molecular complexity index is 587. The highest BCUT2D eigenvalue weighted by Crippen LogP contribution is 2.29. The first-order valence-corrected chi connectivity index (χ1v) is 6.33. The van der Waals surface area contributed by atoms with Crippen LogP contribution >= 0.6 is 0 Å². The first-order chi connectivity index (χ1) is 9.99. The summed E-state index contributed by atoms with van der Waals surface area (Å²) in [6, 6.07) is 4.33. The van der Waals surface area contributed by atoms with Crippen LogP contribution in [0.4, 0.5) is 15.3 Å². The Morgan fingerprint density at radius 1 is 1.38 bits per heavy atom. The smallest absolute Gasteiger partial charge is 0.404 e. The van der Waals surface area contributed by atoms with Crippen molar-refractivity contribution >= 4 is 23.8 Å². The molecule has 0 aliphatic carbocycles. The molecule has 0 saturated carbocycles. The van der Waals surface area contributed by atoms with E-state index < -0.39 is 12.1 Å². The summed E-state index contributed by atoms with van der Waals surface area (Å²) in [5.41, 5.74) is 6.44. The van der Waals surface area contributed by atoms with Crippen LogP contribution in [0, 0.1) is 0 Å². The van der Waals surface area contributed by atoms with Crippen molar-refractivity contribution < 1.29 is 24.2 Å². The summed E-state index contributed by atoms with van der Waals surface area (Å²) in [4.78, 5) is 34.9. The molecule has 0 radical (unpaired) electrons. The van der Waals surface area contributed by atoms with Gasteiger partial charge in [0, 0.05) is 12.2 Å². The van der Waals surface area contributed by atoms with Gasteiger partial charge in [-0.05, 0) is 24.1 Å². The summed E-state index contributed by atoms with van der Waals surface area (Å²) < 4.78 is 4.50. The maximum Gasteiger partial charge on any atom is 0.404 e. The number of aromatic carboxylic acids is 1. The summed E-state index contributed by atoms with van der Waals surface area (Å²) in [7, 11) is 0. The second-order valence-corrected chi connectivity index (χ2v) is 4.45. The highest BCUT2D eigenvalue weighted by atomic mass is 16.5. The third-order valence-electron chi connectivity index (χ3n) is 3.10. The number of carboxylic acid groups (broad SMARTS) is 1. The Hall–Kier alpha value is -2.77. The van der Waals surface area contributed by atoms with Crippen molar-refractivity contribution in [1.29, 1.82) is 0 Å². The lowest BCUT2D eigenvalue weighted by Gasteiger charge is -2.18. The van der Waals surface area contributed by atoms with Gasteiger partial charge in [-0.15, -0.1) is 0 Å². The average Bonchev–Trinajstić information content (AvgIpc) is 2.86. The zero-order chi connectivity index (χ0) is 15.4. The number of hydrogen-bond acceptors (Lipinski definition) is 4. The normalized spacial score (nSPS) is 12.7. The average molecular weight is 293 g/mol. The van der Waals surface area contributed by atoms with Gasteiger partial charge < -0.3 is 20.9 Å². The number of anilines is 1. The molecule has 0 unspecified atom stereocenters. The molecular formula is C13H15N3O5. The fraction of sp³-hybridized carbons (Fsp3) is 0.308. The number of carbonyl (C=O) groups is 3. The summed E-state index contributed by atoms with van der Waals surface area (Å²) >= 11 is 0. The third kappa shape index (κ3) is 3.41. The number of amides is 3. The molecule has 0 spiro atoms. The van der Waals surface area contributed by atoms with Crippen LogP contribution in [0.15, 0.2) is 18.2 Å². The van der Waals surface area contributed by atoms with Crippen molar-refractivity contribution in [1.82, 2.24) is 5.32 Å². The number of nitrogens with zero attached hydrogens (tertiary/aromatic N) is 1. The number of carboxylic acids is 1. The first kappa shape index (κ1) is 14.6. The van der Waals surface area contributed by atoms with Gasteiger partial charge in [-0.3, -0.25) is 4.90 Å². The maximum absolute atomic E-state index is 12.0. The van der Waals surface area contributed by atoms with E-state index in [-0.39, 0.29) is 24.7 Å². The Balaban J connectivity index is 2.00. The van der Waals surface area contributed by atoms with Crippen LogP contribution in [-0.4, -0.2) is 42.9 Å². The van der Waals surface area contributed by atoms with E-state index in [1.807, 2.05) is 0 Å². The van der Waals surface area contributed by atoms with E-state index in [9.17, 15) is 14.4 Å². The fourth-order valence-corrected chi connectivity index (χ4v) is 2.13. The van der Waals surface area contributed by atoms with Gasteiger partial charge in [0.1, 0.15) is 6.61 Å². The summed E-state index contributed by atoms with van der Waals surface area (Å²) in [6.45, 7) is 0.587. The zero-order valence-electron chi connectivity index (χ0n) is 11.2. The molecule has 0 saturated heterocycles. The molecule has 0 aromatic heterocycles. The minimum atomic E-state index is -1.04. The highest BCUT2D eigenvalue weighted by molar-refractivity contribution is 5.96. The van der Waals surface area contributed by atoms with Crippen molar-refractivity contribution in [2.24, 2.45) is 5.73 Å². The molecule has 1 aromatic carbocycles. The SMILES string of the molecule is NC(=O)OCCNC(=O)N1CCc2ccc(C(=O)O)cc21. The molecule has 8 heteroatoms. The quantitative estimate of drug-likeness (QED) is 0.700. The second kappa shape index (κ2) is 6.12. The number of carbonyl (C=O) groups excluding carboxylic acids is 2. The van der Waals surface area contributed by atoms with Gasteiger partial charge in [-0.1, -0.05) is 6.07 Å². The van der Waals surface area contributed by atoms with Gasteiger partial charge in [0.15, 0.2) is 0 Å². The lowest BCUT2D eigenvalue weighted by Crippen LogP contribution is -2.40. The number of benzene rings is 1. The Labute approximate surface area is 120 Å². The van der Waals surface area contributed by atoms with Crippen LogP contribution in [0.25, 0.3) is 0 Å². The van der Waals surface area contributed by atoms with Gasteiger partial charge in [0.05, 0.1) is 12.1 Å². The minimum Gasteiger partial charge on any atom is -0.478 e. The van der Waals surface area contributed by atoms with E-state index in [4.69, 9.17) is 10.8 Å². The Morgan fingerprint density at radius 2 is 2.14 bits per heavy atom. The standard InChI is InChI=1S/C13H15N3O5/c14-12(19)21-6-4-15-13(20)16-5-3-8-1-2-9(11(17)18)7-10(8)16/h1-2,7H,3-6H2,(H2,14,19)(H,15,20)(H,17,18). The van der Waals surface area contributed by atoms with Crippen molar-refractivity contribution in [3.63, 3.8) is 0 Å². The number of rotatable bonds is 4. The van der Waals surface area contributed by atoms with Crippen LogP contribution in [0.3, 0.4) is 0 Å². The molecule has 112 valence electrons. The number of nitrogens with two attached hydrogens (primary N) is 1. The topological polar surface area (TPSA) is 122 Å². The van der Waals surface area contributed by atoms with Crippen LogP contribution < -0.4 is 16.0 Å². The molecular weight excluding hydrogens is 278 g/mol. The molecule has 0 atom stereocenters. The highest BCUT2D eigenvalue weighted by Gasteiger charge is 2.25. The molecule has 1 aliphatic heterocycles. The molecule has 8 nitrogen and oxygen atoms in total. The minimum absolute atomic E-state index is 0.0169. The van der Waals surface area contributed by atoms with Gasteiger partial charge in [-0.2, -0.15) is 0 Å². The van der Waals surface area contributed by atoms with Gasteiger partial charge in [-0.25, -0.2) is 14.4 Å². The summed E-state index contributed by atoms with van der Waals surface area (Å²) in [6.07, 6.45) is -0.234. The summed E-state index contributed by atoms with van der Waals surface area (Å²) in [5, 5.41) is 11.6. The number of nitrogens with one attached hydrogen (secondary N) is 1. The predicted molar refractivity (Wildman–Crippen MR) is 73.4 cm³/mol. The lowest BCUT2D eigenvalue weighted by molar-refractivity contribution is 0.0696. The number of primary amides is 1. The summed E-state index contributed by atoms with van der Waals surface area (Å²) in [5.74, 6) is -1.04. The van der Waals surface area contributed by atoms with Crippen molar-refractivity contribution in [2.45, 2.75) is 6.42 Å². The predicted octanol–water partition coefficient (Wildman–Crippen LogP) is 0.552. The van der Waals surface area contributed by atoms with E-state index in [1.165, 1.54) is 17.0 Å². The molecule has 0 bridgehead atoms. The van der Waals surface area contributed by atoms with Crippen LogP contribution in [0.5, 0.6) is 0 Å². The number of ether oxygens (including phenoxy) is 1. The molecule has 0 fully saturated rings. The third-order valence-corrected chi connectivity index (χ3v) is 3.10. The van der Waals surface area contributed by atoms with Gasteiger partial charge >= 0.3 is 18.1 Å². The van der Waals surface area contributed by atoms with Crippen molar-refractivity contribution in [3.8, 4) is 0 Å². The molecule has 1 aromatic rings. The molecule has 2 rings (SSSR count). The molecule has 21 heavy (non-hydrogen) atoms. The first-order valence-electron chi connectivity index (χ1n) is 6.33. The van der Waals surface area contributed by atoms with Crippen molar-refractivity contribution in [2.75, 3.05) is 24.6 Å². The van der Waals surface area contributed by atoms with Crippen LogP contribution in [0.2, 0.25) is 0 Å². The van der Waals surface area contributed by atoms with Crippen LogP contribution in [-0.2, 0) is 11.2 Å². The monoisotopic (exact) mass is 293 g/mol. The van der Waals surface area contributed by atoms with Gasteiger partial charge in [0.25, 0.3) is 0 Å². The van der Waals surface area contributed by atoms with Crippen LogP contribution in [0.1, 0.15) is 15.9 Å². The van der Waals surface area contributed by atoms with E-state index in [1.54, 1.807) is 6.07 Å². The molecule has 1 heterocycles. The van der Waals surface area contributed by atoms with Crippen molar-refractivity contribution in [3.05, 3.63) is 29.3 Å². The zero-order valence-corrected chi connectivity index (χ0v) is 11.2. The second-order valence-electron chi connectivity index (χ2n) is 4.45. The number of fused-ring (bicyclic) bond motifs is 1. The van der Waals surface area contributed by atoms with E-state index in [0.29, 0.717) is 18.7 Å². The van der Waals surface area contributed by atoms with Gasteiger partial charge in [0.2, 0.25) is 0 Å². The number of hydrogen-bond donors (Lipinski definition) is 3. The Morgan fingerprint density at radius 3 is 2.81 bits per heavy atom. The molecule has 3 amide bonds. The maximum atomic E-state index is 12.0. The lowest BCUT2D eigenvalue weighted by atomic mass is 10.1. The number of urea groups is 1. The molecule has 4 N–H and O–H groups in total. The Kier molecular flexibility index (Phi) is 4.27.